The van der Waals surface area contributed by atoms with Crippen LogP contribution in [-0.2, 0) is 21.6 Å². The number of rotatable bonds is 0. The van der Waals surface area contributed by atoms with E-state index in [1.165, 1.54) is 0 Å². The van der Waals surface area contributed by atoms with E-state index in [0.29, 0.717) is 0 Å². The van der Waals surface area contributed by atoms with Gasteiger partial charge in [0.1, 0.15) is 0 Å². The fourth-order valence-corrected chi connectivity index (χ4v) is 0. The zero-order valence-electron chi connectivity index (χ0n) is 3.38. The van der Waals surface area contributed by atoms with Crippen LogP contribution in [0.1, 0.15) is 0 Å². The molecule has 0 rings (SSSR count). The SMILES string of the molecule is O=P([O-])([O-])[O-].[Cu+2].[NH4+]. The van der Waals surface area contributed by atoms with Gasteiger partial charge in [-0.05, 0) is 0 Å². The van der Waals surface area contributed by atoms with E-state index in [4.69, 9.17) is 19.2 Å². The van der Waals surface area contributed by atoms with Crippen molar-refractivity contribution in [2.24, 2.45) is 0 Å². The van der Waals surface area contributed by atoms with Crippen LogP contribution in [0.5, 0.6) is 0 Å². The smallest absolute Gasteiger partial charge is 0.822 e. The van der Waals surface area contributed by atoms with Gasteiger partial charge in [-0.15, -0.1) is 0 Å². The van der Waals surface area contributed by atoms with Crippen LogP contribution in [0.15, 0.2) is 0 Å². The zero-order chi connectivity index (χ0) is 4.50. The van der Waals surface area contributed by atoms with Crippen molar-refractivity contribution >= 4 is 7.82 Å². The van der Waals surface area contributed by atoms with Crippen LogP contribution < -0.4 is 20.8 Å². The van der Waals surface area contributed by atoms with Gasteiger partial charge in [0.25, 0.3) is 0 Å². The van der Waals surface area contributed by atoms with Gasteiger partial charge in [-0.3, -0.25) is 0 Å². The van der Waals surface area contributed by atoms with E-state index in [0.717, 1.165) is 0 Å². The Labute approximate surface area is 51.0 Å². The molecule has 0 bridgehead atoms. The van der Waals surface area contributed by atoms with E-state index in [-0.39, 0.29) is 23.2 Å². The molecule has 0 aliphatic carbocycles. The summed E-state index contributed by atoms with van der Waals surface area (Å²) in [4.78, 5) is 25.6. The first-order valence-corrected chi connectivity index (χ1v) is 2.19. The fraction of sp³-hybridized carbons (Fsp3) is 0. The van der Waals surface area contributed by atoms with Gasteiger partial charge in [0, 0.05) is 0 Å². The van der Waals surface area contributed by atoms with E-state index in [2.05, 4.69) is 0 Å². The van der Waals surface area contributed by atoms with Crippen LogP contribution in [0.2, 0.25) is 0 Å². The number of phosphoric acid groups is 1. The van der Waals surface area contributed by atoms with Crippen molar-refractivity contribution in [3.63, 3.8) is 0 Å². The van der Waals surface area contributed by atoms with Crippen molar-refractivity contribution in [1.82, 2.24) is 6.15 Å². The molecule has 0 saturated heterocycles. The summed E-state index contributed by atoms with van der Waals surface area (Å²) in [6, 6.07) is 0. The van der Waals surface area contributed by atoms with Gasteiger partial charge in [0.15, 0.2) is 0 Å². The van der Waals surface area contributed by atoms with E-state index < -0.39 is 7.82 Å². The van der Waals surface area contributed by atoms with Crippen molar-refractivity contribution in [2.75, 3.05) is 0 Å². The minimum atomic E-state index is -5.39. The third-order valence-corrected chi connectivity index (χ3v) is 0. The van der Waals surface area contributed by atoms with E-state index in [1.54, 1.807) is 0 Å². The van der Waals surface area contributed by atoms with E-state index in [1.807, 2.05) is 0 Å². The fourth-order valence-electron chi connectivity index (χ4n) is 0. The van der Waals surface area contributed by atoms with Crippen molar-refractivity contribution in [1.29, 1.82) is 0 Å². The largest absolute Gasteiger partial charge is 2.00 e. The van der Waals surface area contributed by atoms with Gasteiger partial charge in [0.05, 0.1) is 0 Å². The summed E-state index contributed by atoms with van der Waals surface area (Å²) in [6.07, 6.45) is 0. The Morgan fingerprint density at radius 3 is 1.14 bits per heavy atom. The standard InChI is InChI=1S/Cu.H3N.H3O4P/c;;1-5(2,3)4/h;1H3;(H3,1,2,3,4)/q+2;;/p-2. The molecular formula is H4CuNO4P. The van der Waals surface area contributed by atoms with Crippen LogP contribution in [0.4, 0.5) is 0 Å². The molecule has 0 atom stereocenters. The molecule has 0 aliphatic heterocycles. The van der Waals surface area contributed by atoms with Crippen molar-refractivity contribution in [3.05, 3.63) is 0 Å². The normalized spacial score (nSPS) is 8.43. The first-order chi connectivity index (χ1) is 2.00. The molecule has 0 aromatic rings. The second-order valence-corrected chi connectivity index (χ2v) is 1.34. The number of quaternary nitrogens is 1. The molecular weight excluding hydrogens is 173 g/mol. The summed E-state index contributed by atoms with van der Waals surface area (Å²) in [7, 11) is -5.39. The Kier molecular flexibility index (Phi) is 10.6. The molecule has 0 aliphatic rings. The number of hydrogen-bond donors (Lipinski definition) is 1. The monoisotopic (exact) mass is 176 g/mol. The first-order valence-electron chi connectivity index (χ1n) is 0.730. The molecule has 7 heteroatoms. The van der Waals surface area contributed by atoms with Gasteiger partial charge in [0.2, 0.25) is 0 Å². The maximum absolute atomic E-state index is 8.55. The molecule has 0 saturated carbocycles. The van der Waals surface area contributed by atoms with Gasteiger partial charge >= 0.3 is 17.1 Å². The van der Waals surface area contributed by atoms with E-state index in [9.17, 15) is 0 Å². The van der Waals surface area contributed by atoms with Crippen molar-refractivity contribution in [2.45, 2.75) is 0 Å². The molecule has 0 aromatic carbocycles. The summed E-state index contributed by atoms with van der Waals surface area (Å²) < 4.78 is 8.55. The molecule has 5 nitrogen and oxygen atoms in total. The van der Waals surface area contributed by atoms with Crippen LogP contribution in [0.3, 0.4) is 0 Å². The van der Waals surface area contributed by atoms with Crippen molar-refractivity contribution < 1.29 is 36.3 Å². The summed E-state index contributed by atoms with van der Waals surface area (Å²) in [5.41, 5.74) is 0. The predicted molar refractivity (Wildman–Crippen MR) is 13.6 cm³/mol. The van der Waals surface area contributed by atoms with E-state index >= 15 is 0 Å². The minimum absolute atomic E-state index is 0. The second kappa shape index (κ2) is 4.74. The molecule has 7 heavy (non-hydrogen) atoms. The predicted octanol–water partition coefficient (Wildman–Crippen LogP) is -2.45. The van der Waals surface area contributed by atoms with Crippen LogP contribution >= 0.6 is 7.82 Å². The van der Waals surface area contributed by atoms with Crippen LogP contribution in [0.25, 0.3) is 0 Å². The minimum Gasteiger partial charge on any atom is -0.822 e. The summed E-state index contributed by atoms with van der Waals surface area (Å²) >= 11 is 0. The molecule has 0 fully saturated rings. The maximum atomic E-state index is 8.55. The Morgan fingerprint density at radius 2 is 1.14 bits per heavy atom. The Hall–Kier alpha value is 0.589. The van der Waals surface area contributed by atoms with Gasteiger partial charge in [-0.2, -0.15) is 7.82 Å². The molecule has 0 heterocycles. The molecule has 0 aromatic heterocycles. The van der Waals surface area contributed by atoms with Crippen LogP contribution in [0, 0.1) is 0 Å². The molecule has 0 spiro atoms. The van der Waals surface area contributed by atoms with Gasteiger partial charge in [-0.25, -0.2) is 0 Å². The average Bonchev–Trinajstić information content (AvgIpc) is 0.722. The second-order valence-electron chi connectivity index (χ2n) is 0.447. The molecule has 4 N–H and O–H groups in total. The van der Waals surface area contributed by atoms with Gasteiger partial charge in [-0.1, -0.05) is 0 Å². The van der Waals surface area contributed by atoms with Crippen molar-refractivity contribution in [3.8, 4) is 0 Å². The molecule has 49 valence electrons. The number of hydrogen-bond acceptors (Lipinski definition) is 4. The zero-order valence-corrected chi connectivity index (χ0v) is 5.22. The quantitative estimate of drug-likeness (QED) is 0.325. The van der Waals surface area contributed by atoms with Crippen LogP contribution in [-0.4, -0.2) is 0 Å². The topological polar surface area (TPSA) is 123 Å². The summed E-state index contributed by atoms with van der Waals surface area (Å²) in [6.45, 7) is 0. The Morgan fingerprint density at radius 1 is 1.14 bits per heavy atom. The summed E-state index contributed by atoms with van der Waals surface area (Å²) in [5, 5.41) is 0. The third kappa shape index (κ3) is 399. The molecule has 0 amide bonds. The Bertz CT molecular complexity index is 57.8. The van der Waals surface area contributed by atoms with Gasteiger partial charge < -0.3 is 25.4 Å². The average molecular weight is 177 g/mol. The molecule has 1 radical (unpaired) electrons. The maximum Gasteiger partial charge on any atom is 2.00 e. The summed E-state index contributed by atoms with van der Waals surface area (Å²) in [5.74, 6) is 0. The first kappa shape index (κ1) is 15.6. The molecule has 0 unspecified atom stereocenters. The Balaban J connectivity index is -0.0000000800. The third-order valence-electron chi connectivity index (χ3n) is 0.